The molecule has 0 bridgehead atoms. The number of benzene rings is 1. The third-order valence-corrected chi connectivity index (χ3v) is 4.83. The molecule has 1 aliphatic rings. The molecule has 3 heterocycles. The van der Waals surface area contributed by atoms with Crippen molar-refractivity contribution in [3.8, 4) is 0 Å². The number of aromatic nitrogens is 4. The topological polar surface area (TPSA) is 84.7 Å². The molecule has 0 fully saturated rings. The third-order valence-electron chi connectivity index (χ3n) is 3.89. The Morgan fingerprint density at radius 1 is 1.43 bits per heavy atom. The molecule has 118 valence electrons. The summed E-state index contributed by atoms with van der Waals surface area (Å²) in [4.78, 5) is 20.8. The van der Waals surface area contributed by atoms with Gasteiger partial charge < -0.3 is 10.6 Å². The fourth-order valence-electron chi connectivity index (χ4n) is 2.83. The van der Waals surface area contributed by atoms with Crippen LogP contribution in [0.15, 0.2) is 24.5 Å². The van der Waals surface area contributed by atoms with Crippen LogP contribution in [0.4, 0.5) is 10.5 Å². The molecule has 0 unspecified atom stereocenters. The first-order valence-corrected chi connectivity index (χ1v) is 8.30. The lowest BCUT2D eigenvalue weighted by Crippen LogP contribution is -2.43. The van der Waals surface area contributed by atoms with Crippen LogP contribution >= 0.6 is 11.3 Å². The number of hydrogen-bond acceptors (Lipinski definition) is 5. The van der Waals surface area contributed by atoms with Crippen LogP contribution < -0.4 is 10.6 Å². The zero-order valence-electron chi connectivity index (χ0n) is 12.6. The van der Waals surface area contributed by atoms with Crippen LogP contribution in [-0.2, 0) is 13.0 Å². The van der Waals surface area contributed by atoms with Gasteiger partial charge in [0.2, 0.25) is 0 Å². The van der Waals surface area contributed by atoms with Gasteiger partial charge >= 0.3 is 6.03 Å². The Morgan fingerprint density at radius 2 is 2.35 bits per heavy atom. The van der Waals surface area contributed by atoms with E-state index in [-0.39, 0.29) is 12.1 Å². The molecule has 0 saturated heterocycles. The number of urea groups is 1. The number of aryl methyl sites for hydroxylation is 2. The van der Waals surface area contributed by atoms with Gasteiger partial charge in [0.15, 0.2) is 0 Å². The number of nitrogens with one attached hydrogen (secondary N) is 2. The average molecular weight is 328 g/mol. The molecule has 0 radical (unpaired) electrons. The Morgan fingerprint density at radius 3 is 3.26 bits per heavy atom. The summed E-state index contributed by atoms with van der Waals surface area (Å²) < 4.78 is 2.92. The zero-order valence-corrected chi connectivity index (χ0v) is 13.4. The fourth-order valence-corrected chi connectivity index (χ4v) is 3.69. The highest BCUT2D eigenvalue weighted by atomic mass is 32.1. The van der Waals surface area contributed by atoms with Gasteiger partial charge in [0, 0.05) is 12.1 Å². The van der Waals surface area contributed by atoms with Crippen molar-refractivity contribution in [2.45, 2.75) is 32.4 Å². The smallest absolute Gasteiger partial charge is 0.319 e. The zero-order chi connectivity index (χ0) is 15.8. The molecule has 8 heteroatoms. The van der Waals surface area contributed by atoms with Gasteiger partial charge in [0.25, 0.3) is 0 Å². The molecule has 1 aromatic carbocycles. The first kappa shape index (κ1) is 14.1. The lowest BCUT2D eigenvalue weighted by Gasteiger charge is -2.23. The van der Waals surface area contributed by atoms with Gasteiger partial charge in [-0.25, -0.2) is 19.4 Å². The number of thiazole rings is 1. The van der Waals surface area contributed by atoms with E-state index in [1.165, 1.54) is 0 Å². The molecule has 3 aromatic rings. The van der Waals surface area contributed by atoms with Gasteiger partial charge in [-0.05, 0) is 31.5 Å². The Balaban J connectivity index is 1.41. The first-order chi connectivity index (χ1) is 11.2. The monoisotopic (exact) mass is 328 g/mol. The first-order valence-electron chi connectivity index (χ1n) is 7.49. The minimum atomic E-state index is -0.195. The fraction of sp³-hybridized carbons (Fsp3) is 0.333. The van der Waals surface area contributed by atoms with Crippen molar-refractivity contribution < 1.29 is 4.79 Å². The van der Waals surface area contributed by atoms with Gasteiger partial charge in [-0.15, -0.1) is 11.3 Å². The van der Waals surface area contributed by atoms with E-state index in [1.807, 2.05) is 29.8 Å². The van der Waals surface area contributed by atoms with Crippen molar-refractivity contribution in [3.05, 3.63) is 35.4 Å². The molecule has 1 aliphatic heterocycles. The summed E-state index contributed by atoms with van der Waals surface area (Å²) in [5.41, 5.74) is 1.74. The highest BCUT2D eigenvalue weighted by molar-refractivity contribution is 7.18. The van der Waals surface area contributed by atoms with E-state index in [9.17, 15) is 4.79 Å². The minimum absolute atomic E-state index is 0.0681. The SMILES string of the molecule is Cc1nc2ccc(NC(=O)N[C@@H]3CCc4ncnn4C3)cc2s1. The molecule has 0 spiro atoms. The maximum absolute atomic E-state index is 12.2. The summed E-state index contributed by atoms with van der Waals surface area (Å²) in [7, 11) is 0. The summed E-state index contributed by atoms with van der Waals surface area (Å²) in [6.07, 6.45) is 3.26. The lowest BCUT2D eigenvalue weighted by molar-refractivity contribution is 0.243. The second-order valence-corrected chi connectivity index (χ2v) is 6.84. The van der Waals surface area contributed by atoms with E-state index in [1.54, 1.807) is 17.7 Å². The molecule has 0 aliphatic carbocycles. The largest absolute Gasteiger partial charge is 0.333 e. The van der Waals surface area contributed by atoms with Crippen LogP contribution in [0.5, 0.6) is 0 Å². The quantitative estimate of drug-likeness (QED) is 0.756. The number of anilines is 1. The van der Waals surface area contributed by atoms with Crippen LogP contribution in [0.3, 0.4) is 0 Å². The molecule has 4 rings (SSSR count). The normalized spacial score (nSPS) is 17.0. The van der Waals surface area contributed by atoms with E-state index >= 15 is 0 Å². The van der Waals surface area contributed by atoms with Crippen LogP contribution in [0, 0.1) is 6.92 Å². The molecule has 0 saturated carbocycles. The predicted octanol–water partition coefficient (Wildman–Crippen LogP) is 2.33. The van der Waals surface area contributed by atoms with Crippen LogP contribution in [0.1, 0.15) is 17.3 Å². The van der Waals surface area contributed by atoms with Gasteiger partial charge in [-0.3, -0.25) is 0 Å². The molecule has 1 atom stereocenters. The minimum Gasteiger partial charge on any atom is -0.333 e. The molecule has 2 aromatic heterocycles. The van der Waals surface area contributed by atoms with Crippen molar-refractivity contribution in [2.75, 3.05) is 5.32 Å². The summed E-state index contributed by atoms with van der Waals surface area (Å²) in [5, 5.41) is 11.1. The summed E-state index contributed by atoms with van der Waals surface area (Å²) in [6.45, 7) is 2.64. The summed E-state index contributed by atoms with van der Waals surface area (Å²) in [5.74, 6) is 0.981. The summed E-state index contributed by atoms with van der Waals surface area (Å²) >= 11 is 1.62. The van der Waals surface area contributed by atoms with Gasteiger partial charge in [-0.2, -0.15) is 5.10 Å². The van der Waals surface area contributed by atoms with Crippen LogP contribution in [-0.4, -0.2) is 31.8 Å². The van der Waals surface area contributed by atoms with Crippen LogP contribution in [0.25, 0.3) is 10.2 Å². The number of hydrogen-bond donors (Lipinski definition) is 2. The van der Waals surface area contributed by atoms with E-state index in [2.05, 4.69) is 25.7 Å². The lowest BCUT2D eigenvalue weighted by atomic mass is 10.1. The van der Waals surface area contributed by atoms with Gasteiger partial charge in [0.05, 0.1) is 27.8 Å². The van der Waals surface area contributed by atoms with Crippen molar-refractivity contribution in [2.24, 2.45) is 0 Å². The maximum Gasteiger partial charge on any atom is 0.319 e. The Bertz CT molecular complexity index is 870. The number of rotatable bonds is 2. The molecular weight excluding hydrogens is 312 g/mol. The van der Waals surface area contributed by atoms with E-state index in [4.69, 9.17) is 0 Å². The van der Waals surface area contributed by atoms with Gasteiger partial charge in [0.1, 0.15) is 12.2 Å². The molecular formula is C15H16N6OS. The number of amides is 2. The van der Waals surface area contributed by atoms with Crippen molar-refractivity contribution >= 4 is 33.3 Å². The molecule has 2 N–H and O–H groups in total. The number of fused-ring (bicyclic) bond motifs is 2. The Kier molecular flexibility index (Phi) is 3.45. The van der Waals surface area contributed by atoms with Gasteiger partial charge in [-0.1, -0.05) is 0 Å². The molecule has 2 amide bonds. The highest BCUT2D eigenvalue weighted by Crippen LogP contribution is 2.24. The number of nitrogens with zero attached hydrogens (tertiary/aromatic N) is 4. The number of carbonyl (C=O) groups is 1. The van der Waals surface area contributed by atoms with Crippen LogP contribution in [0.2, 0.25) is 0 Å². The van der Waals surface area contributed by atoms with E-state index in [0.29, 0.717) is 6.54 Å². The second-order valence-electron chi connectivity index (χ2n) is 5.61. The highest BCUT2D eigenvalue weighted by Gasteiger charge is 2.21. The standard InChI is InChI=1S/C15H16N6OS/c1-9-18-12-4-2-10(6-13(12)23-9)19-15(22)20-11-3-5-14-16-8-17-21(14)7-11/h2,4,6,8,11H,3,5,7H2,1H3,(H2,19,20,22)/t11-/m1/s1. The Labute approximate surface area is 136 Å². The van der Waals surface area contributed by atoms with E-state index < -0.39 is 0 Å². The van der Waals surface area contributed by atoms with Crippen molar-refractivity contribution in [3.63, 3.8) is 0 Å². The van der Waals surface area contributed by atoms with Crippen molar-refractivity contribution in [1.82, 2.24) is 25.1 Å². The molecule has 7 nitrogen and oxygen atoms in total. The maximum atomic E-state index is 12.2. The predicted molar refractivity (Wildman–Crippen MR) is 88.6 cm³/mol. The van der Waals surface area contributed by atoms with E-state index in [0.717, 1.165) is 39.6 Å². The molecule has 23 heavy (non-hydrogen) atoms. The second kappa shape index (κ2) is 5.62. The average Bonchev–Trinajstić information content (AvgIpc) is 3.11. The van der Waals surface area contributed by atoms with Crippen molar-refractivity contribution in [1.29, 1.82) is 0 Å². The number of carbonyl (C=O) groups excluding carboxylic acids is 1. The third kappa shape index (κ3) is 2.89. The summed E-state index contributed by atoms with van der Waals surface area (Å²) in [6, 6.07) is 5.63. The Hall–Kier alpha value is -2.48.